The number of carbonyl (C=O) groups is 1. The molecule has 0 unspecified atom stereocenters. The van der Waals surface area contributed by atoms with E-state index in [1.807, 2.05) is 31.9 Å². The van der Waals surface area contributed by atoms with E-state index in [2.05, 4.69) is 15.2 Å². The summed E-state index contributed by atoms with van der Waals surface area (Å²) in [6, 6.07) is 1.54. The van der Waals surface area contributed by atoms with Crippen LogP contribution < -0.4 is 4.90 Å². The molecule has 2 aliphatic rings. The highest BCUT2D eigenvalue weighted by molar-refractivity contribution is 5.86. The van der Waals surface area contributed by atoms with Gasteiger partial charge in [0.05, 0.1) is 24.6 Å². The summed E-state index contributed by atoms with van der Waals surface area (Å²) in [5, 5.41) is 8.61. The molecule has 0 saturated carbocycles. The molecule has 0 atom stereocenters. The second-order valence-corrected chi connectivity index (χ2v) is 9.23. The van der Waals surface area contributed by atoms with E-state index in [1.165, 1.54) is 6.07 Å². The number of rotatable bonds is 6. The zero-order valence-corrected chi connectivity index (χ0v) is 20.1. The van der Waals surface area contributed by atoms with Crippen LogP contribution in [0.2, 0.25) is 0 Å². The fraction of sp³-hybridized carbons (Fsp3) is 0.583. The maximum absolute atomic E-state index is 14.8. The van der Waals surface area contributed by atoms with Gasteiger partial charge in [0.15, 0.2) is 11.6 Å². The van der Waals surface area contributed by atoms with Crippen molar-refractivity contribution in [3.05, 3.63) is 41.6 Å². The van der Waals surface area contributed by atoms with Crippen LogP contribution in [-0.4, -0.2) is 69.9 Å². The molecule has 0 aromatic carbocycles. The number of hydrogen-bond donors (Lipinski definition) is 0. The number of pyridine rings is 1. The van der Waals surface area contributed by atoms with E-state index in [9.17, 15) is 9.18 Å². The van der Waals surface area contributed by atoms with E-state index < -0.39 is 0 Å². The Morgan fingerprint density at radius 2 is 1.94 bits per heavy atom. The predicted molar refractivity (Wildman–Crippen MR) is 126 cm³/mol. The lowest BCUT2D eigenvalue weighted by molar-refractivity contribution is 0.00415. The summed E-state index contributed by atoms with van der Waals surface area (Å²) in [6.45, 7) is 8.65. The van der Waals surface area contributed by atoms with Crippen LogP contribution in [0.1, 0.15) is 50.7 Å². The highest BCUT2D eigenvalue weighted by Crippen LogP contribution is 2.22. The van der Waals surface area contributed by atoms with E-state index in [-0.39, 0.29) is 24.1 Å². The molecule has 2 saturated heterocycles. The number of piperidine rings is 2. The first-order valence-electron chi connectivity index (χ1n) is 11.9. The van der Waals surface area contributed by atoms with Crippen molar-refractivity contribution in [3.63, 3.8) is 0 Å². The first kappa shape index (κ1) is 24.0. The van der Waals surface area contributed by atoms with Gasteiger partial charge in [0.25, 0.3) is 0 Å². The number of aryl methyl sites for hydroxylation is 1. The Bertz CT molecular complexity index is 1010. The summed E-state index contributed by atoms with van der Waals surface area (Å²) in [7, 11) is 0. The number of carbonyl (C=O) groups excluding carboxylic acids is 1. The fourth-order valence-corrected chi connectivity index (χ4v) is 4.17. The number of amides is 1. The molecule has 34 heavy (non-hydrogen) atoms. The third kappa shape index (κ3) is 6.24. The van der Waals surface area contributed by atoms with Crippen molar-refractivity contribution in [2.24, 2.45) is 5.16 Å². The molecule has 0 bridgehead atoms. The average molecular weight is 473 g/mol. The molecule has 2 aliphatic heterocycles. The van der Waals surface area contributed by atoms with Crippen LogP contribution in [-0.2, 0) is 16.1 Å². The van der Waals surface area contributed by atoms with Crippen molar-refractivity contribution < 1.29 is 18.8 Å². The molecule has 2 aromatic heterocycles. The molecule has 4 heterocycles. The quantitative estimate of drug-likeness (QED) is 0.596. The summed E-state index contributed by atoms with van der Waals surface area (Å²) in [6.07, 6.45) is 7.90. The van der Waals surface area contributed by atoms with Crippen molar-refractivity contribution in [2.45, 2.75) is 65.2 Å². The van der Waals surface area contributed by atoms with Crippen molar-refractivity contribution in [1.29, 1.82) is 0 Å². The van der Waals surface area contributed by atoms with Crippen LogP contribution in [0.15, 0.2) is 29.8 Å². The first-order valence-corrected chi connectivity index (χ1v) is 11.9. The molecule has 1 amide bonds. The number of halogens is 1. The monoisotopic (exact) mass is 472 g/mol. The van der Waals surface area contributed by atoms with Crippen LogP contribution in [0.4, 0.5) is 15.0 Å². The number of likely N-dealkylation sites (tertiary alicyclic amines) is 1. The Balaban J connectivity index is 1.23. The van der Waals surface area contributed by atoms with Crippen molar-refractivity contribution in [3.8, 4) is 0 Å². The van der Waals surface area contributed by atoms with Gasteiger partial charge in [-0.05, 0) is 38.0 Å². The maximum Gasteiger partial charge on any atom is 0.410 e. The van der Waals surface area contributed by atoms with Gasteiger partial charge in [0.2, 0.25) is 0 Å². The highest BCUT2D eigenvalue weighted by atomic mass is 19.1. The number of nitrogens with zero attached hydrogens (tertiary/aromatic N) is 6. The van der Waals surface area contributed by atoms with Crippen LogP contribution in [0.25, 0.3) is 0 Å². The summed E-state index contributed by atoms with van der Waals surface area (Å²) < 4.78 is 21.8. The number of anilines is 1. The van der Waals surface area contributed by atoms with Crippen molar-refractivity contribution in [1.82, 2.24) is 19.7 Å². The van der Waals surface area contributed by atoms with Gasteiger partial charge in [-0.2, -0.15) is 5.10 Å². The first-order chi connectivity index (χ1) is 16.4. The number of oxime groups is 1. The molecule has 0 spiro atoms. The minimum absolute atomic E-state index is 0.00106. The van der Waals surface area contributed by atoms with Crippen LogP contribution in [0.5, 0.6) is 0 Å². The molecular formula is C24H33FN6O3. The molecule has 0 radical (unpaired) electrons. The average Bonchev–Trinajstić information content (AvgIpc) is 3.22. The van der Waals surface area contributed by atoms with Gasteiger partial charge < -0.3 is 19.4 Å². The zero-order valence-electron chi connectivity index (χ0n) is 20.1. The Hall–Kier alpha value is -3.17. The maximum atomic E-state index is 14.8. The standard InChI is InChI=1S/C24H33FN6O3/c1-17(2)33-24(32)30-10-6-21(7-11-30)34-28-20-4-8-29(9-5-20)23-22(25)12-19(14-26-23)16-31-15-18(3)13-27-31/h12-15,17,21H,4-11,16H2,1-3H3. The summed E-state index contributed by atoms with van der Waals surface area (Å²) in [5.41, 5.74) is 2.82. The number of ether oxygens (including phenoxy) is 1. The molecule has 0 aliphatic carbocycles. The lowest BCUT2D eigenvalue weighted by atomic mass is 10.1. The summed E-state index contributed by atoms with van der Waals surface area (Å²) in [4.78, 5) is 25.8. The van der Waals surface area contributed by atoms with Crippen molar-refractivity contribution in [2.75, 3.05) is 31.1 Å². The second-order valence-electron chi connectivity index (χ2n) is 9.23. The predicted octanol–water partition coefficient (Wildman–Crippen LogP) is 3.76. The summed E-state index contributed by atoms with van der Waals surface area (Å²) >= 11 is 0. The van der Waals surface area contributed by atoms with Gasteiger partial charge in [-0.3, -0.25) is 4.68 Å². The number of aromatic nitrogens is 3. The fourth-order valence-electron chi connectivity index (χ4n) is 4.17. The van der Waals surface area contributed by atoms with E-state index in [0.717, 1.165) is 29.7 Å². The van der Waals surface area contributed by atoms with Gasteiger partial charge >= 0.3 is 6.09 Å². The third-order valence-corrected chi connectivity index (χ3v) is 5.99. The second kappa shape index (κ2) is 10.8. The van der Waals surface area contributed by atoms with E-state index >= 15 is 0 Å². The third-order valence-electron chi connectivity index (χ3n) is 5.99. The molecule has 4 rings (SSSR count). The van der Waals surface area contributed by atoms with Gasteiger partial charge in [-0.25, -0.2) is 14.2 Å². The van der Waals surface area contributed by atoms with Gasteiger partial charge in [-0.15, -0.1) is 0 Å². The van der Waals surface area contributed by atoms with Crippen molar-refractivity contribution >= 4 is 17.6 Å². The van der Waals surface area contributed by atoms with Crippen LogP contribution in [0, 0.1) is 12.7 Å². The minimum atomic E-state index is -0.319. The molecule has 9 nitrogen and oxygen atoms in total. The van der Waals surface area contributed by atoms with Gasteiger partial charge in [0, 0.05) is 64.3 Å². The lowest BCUT2D eigenvalue weighted by Gasteiger charge is -2.31. The Morgan fingerprint density at radius 1 is 1.21 bits per heavy atom. The molecule has 184 valence electrons. The molecule has 0 N–H and O–H groups in total. The SMILES string of the molecule is Cc1cnn(Cc2cnc(N3CCC(=NOC4CCN(C(=O)OC(C)C)CC4)CC3)c(F)c2)c1. The van der Waals surface area contributed by atoms with Crippen LogP contribution in [0.3, 0.4) is 0 Å². The van der Waals surface area contributed by atoms with Gasteiger partial charge in [-0.1, -0.05) is 5.16 Å². The smallest absolute Gasteiger partial charge is 0.410 e. The zero-order chi connectivity index (χ0) is 24.1. The topological polar surface area (TPSA) is 85.1 Å². The molecule has 2 aromatic rings. The Kier molecular flexibility index (Phi) is 7.64. The number of hydrogen-bond acceptors (Lipinski definition) is 7. The minimum Gasteiger partial charge on any atom is -0.447 e. The molecule has 10 heteroatoms. The summed E-state index contributed by atoms with van der Waals surface area (Å²) in [5.74, 6) is 0.0572. The lowest BCUT2D eigenvalue weighted by Crippen LogP contribution is -2.41. The van der Waals surface area contributed by atoms with E-state index in [0.29, 0.717) is 51.4 Å². The van der Waals surface area contributed by atoms with Crippen LogP contribution >= 0.6 is 0 Å². The molecule has 2 fully saturated rings. The highest BCUT2D eigenvalue weighted by Gasteiger charge is 2.26. The van der Waals surface area contributed by atoms with Gasteiger partial charge in [0.1, 0.15) is 6.10 Å². The Labute approximate surface area is 199 Å². The van der Waals surface area contributed by atoms with E-state index in [4.69, 9.17) is 9.57 Å². The normalized spacial score (nSPS) is 17.3. The Morgan fingerprint density at radius 3 is 2.56 bits per heavy atom. The molecular weight excluding hydrogens is 439 g/mol. The van der Waals surface area contributed by atoms with E-state index in [1.54, 1.807) is 22.0 Å². The largest absolute Gasteiger partial charge is 0.447 e.